The molecule has 3 nitrogen and oxygen atoms in total. The summed E-state index contributed by atoms with van der Waals surface area (Å²) >= 11 is 0. The lowest BCUT2D eigenvalue weighted by atomic mass is 10.0. The van der Waals surface area contributed by atoms with Crippen molar-refractivity contribution >= 4 is 0 Å². The lowest BCUT2D eigenvalue weighted by molar-refractivity contribution is 0.287. The van der Waals surface area contributed by atoms with Gasteiger partial charge in [-0.2, -0.15) is 0 Å². The van der Waals surface area contributed by atoms with E-state index in [1.807, 2.05) is 26.0 Å². The molecule has 2 N–H and O–H groups in total. The summed E-state index contributed by atoms with van der Waals surface area (Å²) in [5.41, 5.74) is 7.43. The van der Waals surface area contributed by atoms with Crippen LogP contribution in [-0.4, -0.2) is 13.2 Å². The van der Waals surface area contributed by atoms with Gasteiger partial charge in [0.05, 0.1) is 13.2 Å². The van der Waals surface area contributed by atoms with Gasteiger partial charge >= 0.3 is 0 Å². The third-order valence-electron chi connectivity index (χ3n) is 3.59. The Morgan fingerprint density at radius 1 is 1.22 bits per heavy atom. The van der Waals surface area contributed by atoms with Gasteiger partial charge in [-0.3, -0.25) is 0 Å². The minimum Gasteiger partial charge on any atom is -0.490 e. The quantitative estimate of drug-likeness (QED) is 0.842. The predicted molar refractivity (Wildman–Crippen MR) is 73.0 cm³/mol. The maximum Gasteiger partial charge on any atom is 0.161 e. The van der Waals surface area contributed by atoms with Crippen LogP contribution >= 0.6 is 0 Å². The molecule has 0 radical (unpaired) electrons. The molecule has 0 amide bonds. The van der Waals surface area contributed by atoms with E-state index in [0.717, 1.165) is 23.0 Å². The Kier molecular flexibility index (Phi) is 4.12. The maximum atomic E-state index is 6.28. The van der Waals surface area contributed by atoms with Crippen molar-refractivity contribution in [3.8, 4) is 11.5 Å². The van der Waals surface area contributed by atoms with E-state index in [0.29, 0.717) is 19.1 Å². The van der Waals surface area contributed by atoms with Gasteiger partial charge < -0.3 is 15.2 Å². The highest BCUT2D eigenvalue weighted by atomic mass is 16.5. The largest absolute Gasteiger partial charge is 0.490 e. The molecule has 1 aromatic carbocycles. The van der Waals surface area contributed by atoms with Gasteiger partial charge in [0.1, 0.15) is 0 Å². The molecular formula is C15H23NO2. The molecule has 0 heterocycles. The van der Waals surface area contributed by atoms with Crippen molar-refractivity contribution < 1.29 is 9.47 Å². The molecule has 0 aromatic heterocycles. The summed E-state index contributed by atoms with van der Waals surface area (Å²) in [5, 5.41) is 0. The number of hydrogen-bond acceptors (Lipinski definition) is 3. The van der Waals surface area contributed by atoms with Crippen LogP contribution in [0.25, 0.3) is 0 Å². The predicted octanol–water partition coefficient (Wildman–Crippen LogP) is 3.14. The molecule has 1 saturated carbocycles. The fourth-order valence-electron chi connectivity index (χ4n) is 2.37. The highest BCUT2D eigenvalue weighted by Gasteiger charge is 2.38. The van der Waals surface area contributed by atoms with Crippen molar-refractivity contribution in [1.29, 1.82) is 0 Å². The molecule has 1 fully saturated rings. The van der Waals surface area contributed by atoms with E-state index in [1.54, 1.807) is 0 Å². The zero-order valence-corrected chi connectivity index (χ0v) is 11.5. The highest BCUT2D eigenvalue weighted by molar-refractivity contribution is 5.44. The molecule has 1 aromatic rings. The number of benzene rings is 1. The second-order valence-corrected chi connectivity index (χ2v) is 4.97. The van der Waals surface area contributed by atoms with Crippen molar-refractivity contribution in [2.45, 2.75) is 33.2 Å². The van der Waals surface area contributed by atoms with Gasteiger partial charge in [-0.25, -0.2) is 0 Å². The standard InChI is InChI=1S/C15H23NO2/c1-4-17-13-7-6-11(9-14(13)18-5-2)15(16)12-8-10(12)3/h6-7,9-10,12,15H,4-5,8,16H2,1-3H3. The lowest BCUT2D eigenvalue weighted by Crippen LogP contribution is -2.13. The van der Waals surface area contributed by atoms with Crippen LogP contribution in [0.15, 0.2) is 18.2 Å². The third-order valence-corrected chi connectivity index (χ3v) is 3.59. The average molecular weight is 249 g/mol. The Morgan fingerprint density at radius 3 is 2.39 bits per heavy atom. The second-order valence-electron chi connectivity index (χ2n) is 4.97. The molecule has 1 aliphatic rings. The molecule has 0 aliphatic heterocycles. The minimum absolute atomic E-state index is 0.120. The van der Waals surface area contributed by atoms with Crippen molar-refractivity contribution in [3.63, 3.8) is 0 Å². The van der Waals surface area contributed by atoms with Gasteiger partial charge in [0.25, 0.3) is 0 Å². The van der Waals surface area contributed by atoms with Crippen molar-refractivity contribution in [3.05, 3.63) is 23.8 Å². The summed E-state index contributed by atoms with van der Waals surface area (Å²) in [5.74, 6) is 2.99. The molecule has 2 rings (SSSR count). The second kappa shape index (κ2) is 5.61. The van der Waals surface area contributed by atoms with Gasteiger partial charge in [0, 0.05) is 6.04 Å². The SMILES string of the molecule is CCOc1ccc(C(N)C2CC2C)cc1OCC. The van der Waals surface area contributed by atoms with E-state index < -0.39 is 0 Å². The molecule has 1 aliphatic carbocycles. The topological polar surface area (TPSA) is 44.5 Å². The van der Waals surface area contributed by atoms with Crippen molar-refractivity contribution in [2.75, 3.05) is 13.2 Å². The first-order valence-electron chi connectivity index (χ1n) is 6.82. The number of ether oxygens (including phenoxy) is 2. The first kappa shape index (κ1) is 13.2. The van der Waals surface area contributed by atoms with Crippen molar-refractivity contribution in [1.82, 2.24) is 0 Å². The molecular weight excluding hydrogens is 226 g/mol. The fraction of sp³-hybridized carbons (Fsp3) is 0.600. The molecule has 0 saturated heterocycles. The normalized spacial score (nSPS) is 23.6. The van der Waals surface area contributed by atoms with E-state index >= 15 is 0 Å². The molecule has 0 bridgehead atoms. The Hall–Kier alpha value is -1.22. The lowest BCUT2D eigenvalue weighted by Gasteiger charge is -2.16. The molecule has 100 valence electrons. The Morgan fingerprint density at radius 2 is 1.83 bits per heavy atom. The van der Waals surface area contributed by atoms with Crippen LogP contribution in [0.4, 0.5) is 0 Å². The number of rotatable bonds is 6. The maximum absolute atomic E-state index is 6.28. The van der Waals surface area contributed by atoms with Gasteiger partial charge in [0.2, 0.25) is 0 Å². The third kappa shape index (κ3) is 2.78. The zero-order chi connectivity index (χ0) is 13.1. The summed E-state index contributed by atoms with van der Waals surface area (Å²) in [7, 11) is 0. The van der Waals surface area contributed by atoms with Crippen LogP contribution in [0.3, 0.4) is 0 Å². The summed E-state index contributed by atoms with van der Waals surface area (Å²) in [4.78, 5) is 0. The number of nitrogens with two attached hydrogens (primary N) is 1. The van der Waals surface area contributed by atoms with Crippen LogP contribution in [0.2, 0.25) is 0 Å². The summed E-state index contributed by atoms with van der Waals surface area (Å²) in [6, 6.07) is 6.18. The first-order chi connectivity index (χ1) is 8.67. The molecule has 3 heteroatoms. The van der Waals surface area contributed by atoms with E-state index in [1.165, 1.54) is 6.42 Å². The molecule has 3 atom stereocenters. The Labute approximate surface area is 109 Å². The van der Waals surface area contributed by atoms with Crippen LogP contribution in [0.5, 0.6) is 11.5 Å². The smallest absolute Gasteiger partial charge is 0.161 e. The van der Waals surface area contributed by atoms with E-state index in [2.05, 4.69) is 13.0 Å². The monoisotopic (exact) mass is 249 g/mol. The first-order valence-corrected chi connectivity index (χ1v) is 6.82. The summed E-state index contributed by atoms with van der Waals surface area (Å²) < 4.78 is 11.2. The van der Waals surface area contributed by atoms with Gasteiger partial charge in [-0.05, 0) is 49.8 Å². The van der Waals surface area contributed by atoms with Gasteiger partial charge in [-0.15, -0.1) is 0 Å². The van der Waals surface area contributed by atoms with Gasteiger partial charge in [0.15, 0.2) is 11.5 Å². The Bertz CT molecular complexity index is 405. The average Bonchev–Trinajstić information content (AvgIpc) is 3.08. The minimum atomic E-state index is 0.120. The highest BCUT2D eigenvalue weighted by Crippen LogP contribution is 2.46. The van der Waals surface area contributed by atoms with Crippen LogP contribution in [-0.2, 0) is 0 Å². The van der Waals surface area contributed by atoms with E-state index in [4.69, 9.17) is 15.2 Å². The molecule has 0 spiro atoms. The van der Waals surface area contributed by atoms with Crippen molar-refractivity contribution in [2.24, 2.45) is 17.6 Å². The zero-order valence-electron chi connectivity index (χ0n) is 11.5. The summed E-state index contributed by atoms with van der Waals surface area (Å²) in [6.07, 6.45) is 1.23. The molecule has 18 heavy (non-hydrogen) atoms. The van der Waals surface area contributed by atoms with Gasteiger partial charge in [-0.1, -0.05) is 13.0 Å². The van der Waals surface area contributed by atoms with Crippen LogP contribution in [0, 0.1) is 11.8 Å². The number of hydrogen-bond donors (Lipinski definition) is 1. The van der Waals surface area contributed by atoms with E-state index in [-0.39, 0.29) is 6.04 Å². The molecule has 3 unspecified atom stereocenters. The summed E-state index contributed by atoms with van der Waals surface area (Å²) in [6.45, 7) is 7.48. The Balaban J connectivity index is 2.19. The fourth-order valence-corrected chi connectivity index (χ4v) is 2.37. The van der Waals surface area contributed by atoms with Crippen LogP contribution in [0.1, 0.15) is 38.8 Å². The van der Waals surface area contributed by atoms with Crippen LogP contribution < -0.4 is 15.2 Å². The van der Waals surface area contributed by atoms with E-state index in [9.17, 15) is 0 Å².